The van der Waals surface area contributed by atoms with E-state index in [1.165, 1.54) is 0 Å². The lowest BCUT2D eigenvalue weighted by atomic mass is 9.90. The van der Waals surface area contributed by atoms with Gasteiger partial charge in [0.1, 0.15) is 12.5 Å². The zero-order valence-electron chi connectivity index (χ0n) is 11.9. The van der Waals surface area contributed by atoms with Gasteiger partial charge in [0.2, 0.25) is 0 Å². The highest BCUT2D eigenvalue weighted by molar-refractivity contribution is 5.57. The first-order chi connectivity index (χ1) is 7.23. The highest BCUT2D eigenvalue weighted by Gasteiger charge is 2.38. The fraction of sp³-hybridized carbons (Fsp3) is 0.923. The van der Waals surface area contributed by atoms with Gasteiger partial charge in [-0.25, -0.2) is 0 Å². The molecule has 1 heterocycles. The largest absolute Gasteiger partial charge is 0.339 e. The second-order valence-corrected chi connectivity index (χ2v) is 6.54. The van der Waals surface area contributed by atoms with E-state index >= 15 is 0 Å². The Morgan fingerprint density at radius 3 is 2.12 bits per heavy atom. The van der Waals surface area contributed by atoms with Crippen LogP contribution in [0, 0.1) is 11.3 Å². The smallest absolute Gasteiger partial charge is 0.124 e. The molecular formula is C13H27N3. The van der Waals surface area contributed by atoms with Gasteiger partial charge in [0.15, 0.2) is 0 Å². The molecule has 0 aromatic rings. The van der Waals surface area contributed by atoms with Crippen LogP contribution in [-0.4, -0.2) is 35.0 Å². The second kappa shape index (κ2) is 4.64. The molecule has 0 spiro atoms. The monoisotopic (exact) mass is 225 g/mol. The minimum absolute atomic E-state index is 0.218. The first kappa shape index (κ1) is 13.3. The van der Waals surface area contributed by atoms with Crippen molar-refractivity contribution in [2.24, 2.45) is 16.4 Å². The van der Waals surface area contributed by atoms with Gasteiger partial charge in [-0.15, -0.1) is 0 Å². The predicted octanol–water partition coefficient (Wildman–Crippen LogP) is 2.98. The molecule has 0 saturated heterocycles. The summed E-state index contributed by atoms with van der Waals surface area (Å²) in [6, 6.07) is 0.456. The zero-order valence-corrected chi connectivity index (χ0v) is 11.9. The van der Waals surface area contributed by atoms with Crippen molar-refractivity contribution in [3.63, 3.8) is 0 Å². The Morgan fingerprint density at radius 2 is 1.75 bits per heavy atom. The Bertz CT molecular complexity index is 250. The molecule has 1 atom stereocenters. The summed E-state index contributed by atoms with van der Waals surface area (Å²) < 4.78 is 0. The van der Waals surface area contributed by atoms with Crippen LogP contribution >= 0.6 is 0 Å². The summed E-state index contributed by atoms with van der Waals surface area (Å²) in [5.74, 6) is 0.670. The van der Waals surface area contributed by atoms with Gasteiger partial charge in [-0.2, -0.15) is 5.10 Å². The lowest BCUT2D eigenvalue weighted by Gasteiger charge is -2.41. The van der Waals surface area contributed by atoms with Crippen molar-refractivity contribution in [1.29, 1.82) is 0 Å². The van der Waals surface area contributed by atoms with Gasteiger partial charge in [-0.05, 0) is 19.8 Å². The van der Waals surface area contributed by atoms with E-state index in [1.54, 1.807) is 0 Å². The van der Waals surface area contributed by atoms with Crippen LogP contribution in [0.2, 0.25) is 0 Å². The van der Waals surface area contributed by atoms with Crippen LogP contribution < -0.4 is 0 Å². The summed E-state index contributed by atoms with van der Waals surface area (Å²) >= 11 is 0. The van der Waals surface area contributed by atoms with Gasteiger partial charge >= 0.3 is 0 Å². The van der Waals surface area contributed by atoms with Gasteiger partial charge in [0.25, 0.3) is 0 Å². The van der Waals surface area contributed by atoms with E-state index in [4.69, 9.17) is 0 Å². The van der Waals surface area contributed by atoms with Crippen molar-refractivity contribution in [3.05, 3.63) is 0 Å². The molecule has 0 bridgehead atoms. The average molecular weight is 225 g/mol. The van der Waals surface area contributed by atoms with Crippen molar-refractivity contribution in [2.75, 3.05) is 6.54 Å². The summed E-state index contributed by atoms with van der Waals surface area (Å²) in [4.78, 5) is 2.38. The normalized spacial score (nSPS) is 21.7. The third-order valence-electron chi connectivity index (χ3n) is 2.78. The van der Waals surface area contributed by atoms with Gasteiger partial charge in [-0.3, -0.25) is 5.01 Å². The van der Waals surface area contributed by atoms with Crippen LogP contribution in [0.15, 0.2) is 5.10 Å². The third-order valence-corrected chi connectivity index (χ3v) is 2.78. The Balaban J connectivity index is 2.84. The molecule has 0 N–H and O–H groups in total. The summed E-state index contributed by atoms with van der Waals surface area (Å²) in [7, 11) is 0. The van der Waals surface area contributed by atoms with Crippen molar-refractivity contribution in [3.8, 4) is 0 Å². The van der Waals surface area contributed by atoms with E-state index in [2.05, 4.69) is 63.5 Å². The molecule has 0 fully saturated rings. The maximum Gasteiger partial charge on any atom is 0.124 e. The number of hydrogen-bond acceptors (Lipinski definition) is 3. The van der Waals surface area contributed by atoms with E-state index < -0.39 is 0 Å². The molecule has 3 heteroatoms. The predicted molar refractivity (Wildman–Crippen MR) is 70.3 cm³/mol. The fourth-order valence-electron chi connectivity index (χ4n) is 2.28. The van der Waals surface area contributed by atoms with Crippen LogP contribution in [0.25, 0.3) is 0 Å². The second-order valence-electron chi connectivity index (χ2n) is 6.54. The molecule has 3 nitrogen and oxygen atoms in total. The summed E-state index contributed by atoms with van der Waals surface area (Å²) in [6.07, 6.45) is 2.39. The van der Waals surface area contributed by atoms with E-state index in [0.717, 1.165) is 6.54 Å². The van der Waals surface area contributed by atoms with Crippen molar-refractivity contribution in [2.45, 2.75) is 60.7 Å². The van der Waals surface area contributed by atoms with Crippen molar-refractivity contribution in [1.82, 2.24) is 9.91 Å². The van der Waals surface area contributed by atoms with E-state index in [-0.39, 0.29) is 5.41 Å². The van der Waals surface area contributed by atoms with Gasteiger partial charge < -0.3 is 4.90 Å². The molecule has 0 radical (unpaired) electrons. The Labute approximate surface area is 100 Å². The molecule has 1 unspecified atom stereocenters. The third kappa shape index (κ3) is 2.89. The Morgan fingerprint density at radius 1 is 1.19 bits per heavy atom. The molecule has 1 aliphatic rings. The average Bonchev–Trinajstić information content (AvgIpc) is 2.45. The van der Waals surface area contributed by atoms with Crippen LogP contribution in [0.3, 0.4) is 0 Å². The Hall–Kier alpha value is -0.730. The maximum absolute atomic E-state index is 4.55. The minimum atomic E-state index is 0.218. The van der Waals surface area contributed by atoms with Crippen LogP contribution in [0.1, 0.15) is 48.5 Å². The molecule has 16 heavy (non-hydrogen) atoms. The van der Waals surface area contributed by atoms with Crippen molar-refractivity contribution >= 4 is 6.34 Å². The highest BCUT2D eigenvalue weighted by atomic mass is 15.6. The first-order valence-corrected chi connectivity index (χ1v) is 6.31. The molecule has 0 aromatic heterocycles. The van der Waals surface area contributed by atoms with Crippen LogP contribution in [0.5, 0.6) is 0 Å². The molecule has 0 amide bonds. The fourth-order valence-corrected chi connectivity index (χ4v) is 2.28. The minimum Gasteiger partial charge on any atom is -0.339 e. The van der Waals surface area contributed by atoms with Crippen LogP contribution in [0.4, 0.5) is 0 Å². The SMILES string of the molecule is CC(C)CN1C=NN(C(C)C)C1C(C)(C)C. The van der Waals surface area contributed by atoms with Crippen LogP contribution in [-0.2, 0) is 0 Å². The highest BCUT2D eigenvalue weighted by Crippen LogP contribution is 2.31. The molecule has 1 rings (SSSR count). The van der Waals surface area contributed by atoms with Gasteiger partial charge in [0.05, 0.1) is 0 Å². The summed E-state index contributed by atoms with van der Waals surface area (Å²) in [5, 5.41) is 6.78. The first-order valence-electron chi connectivity index (χ1n) is 6.31. The van der Waals surface area contributed by atoms with Crippen molar-refractivity contribution < 1.29 is 0 Å². The number of rotatable bonds is 3. The lowest BCUT2D eigenvalue weighted by Crippen LogP contribution is -2.51. The maximum atomic E-state index is 4.55. The molecule has 0 aliphatic carbocycles. The summed E-state index contributed by atoms with van der Waals surface area (Å²) in [6.45, 7) is 16.9. The van der Waals surface area contributed by atoms with E-state index in [0.29, 0.717) is 18.1 Å². The molecule has 1 aliphatic heterocycles. The molecular weight excluding hydrogens is 198 g/mol. The lowest BCUT2D eigenvalue weighted by molar-refractivity contribution is 0.0123. The molecule has 0 saturated carbocycles. The number of nitrogens with zero attached hydrogens (tertiary/aromatic N) is 3. The quantitative estimate of drug-likeness (QED) is 0.735. The topological polar surface area (TPSA) is 18.8 Å². The van der Waals surface area contributed by atoms with E-state index in [1.807, 2.05) is 6.34 Å². The standard InChI is InChI=1S/C13H27N3/c1-10(2)8-15-9-14-16(11(3)4)12(15)13(5,6)7/h9-12H,8H2,1-7H3. The van der Waals surface area contributed by atoms with Gasteiger partial charge in [-0.1, -0.05) is 34.6 Å². The Kier molecular flexibility index (Phi) is 3.87. The number of hydrazone groups is 1. The molecule has 0 aromatic carbocycles. The van der Waals surface area contributed by atoms with Gasteiger partial charge in [0, 0.05) is 18.0 Å². The van der Waals surface area contributed by atoms with E-state index in [9.17, 15) is 0 Å². The zero-order chi connectivity index (χ0) is 12.5. The molecule has 94 valence electrons. The number of hydrogen-bond donors (Lipinski definition) is 0. The summed E-state index contributed by atoms with van der Waals surface area (Å²) in [5.41, 5.74) is 0.218.